The van der Waals surface area contributed by atoms with Crippen LogP contribution in [0.25, 0.3) is 10.8 Å². The molecule has 1 atom stereocenters. The van der Waals surface area contributed by atoms with Crippen molar-refractivity contribution >= 4 is 22.6 Å². The quantitative estimate of drug-likeness (QED) is 0.777. The van der Waals surface area contributed by atoms with Crippen molar-refractivity contribution in [2.24, 2.45) is 0 Å². The van der Waals surface area contributed by atoms with Gasteiger partial charge < -0.3 is 16.0 Å². The molecule has 1 saturated heterocycles. The van der Waals surface area contributed by atoms with Gasteiger partial charge in [0.15, 0.2) is 0 Å². The molecule has 0 radical (unpaired) electrons. The van der Waals surface area contributed by atoms with Gasteiger partial charge in [-0.15, -0.1) is 0 Å². The van der Waals surface area contributed by atoms with Crippen LogP contribution in [0, 0.1) is 0 Å². The Kier molecular flexibility index (Phi) is 5.43. The maximum absolute atomic E-state index is 12.1. The number of benzene rings is 2. The summed E-state index contributed by atoms with van der Waals surface area (Å²) in [4.78, 5) is 24.1. The van der Waals surface area contributed by atoms with Crippen LogP contribution in [0.1, 0.15) is 18.4 Å². The van der Waals surface area contributed by atoms with E-state index in [1.807, 2.05) is 42.5 Å². The van der Waals surface area contributed by atoms with E-state index in [-0.39, 0.29) is 30.8 Å². The van der Waals surface area contributed by atoms with Crippen LogP contribution >= 0.6 is 0 Å². The van der Waals surface area contributed by atoms with Gasteiger partial charge in [-0.05, 0) is 35.7 Å². The Balaban J connectivity index is 1.51. The molecule has 5 heteroatoms. The summed E-state index contributed by atoms with van der Waals surface area (Å²) >= 11 is 0. The van der Waals surface area contributed by atoms with Crippen LogP contribution in [0.3, 0.4) is 0 Å². The van der Waals surface area contributed by atoms with Crippen molar-refractivity contribution in [2.75, 3.05) is 19.6 Å². The minimum absolute atomic E-state index is 0.0279. The molecule has 1 aliphatic heterocycles. The van der Waals surface area contributed by atoms with E-state index in [0.29, 0.717) is 0 Å². The van der Waals surface area contributed by atoms with E-state index in [4.69, 9.17) is 0 Å². The smallest absolute Gasteiger partial charge is 0.239 e. The second kappa shape index (κ2) is 7.93. The summed E-state index contributed by atoms with van der Waals surface area (Å²) in [6.45, 7) is 1.84. The third-order valence-electron chi connectivity index (χ3n) is 4.34. The van der Waals surface area contributed by atoms with Gasteiger partial charge in [0.05, 0.1) is 13.0 Å². The monoisotopic (exact) mass is 325 g/mol. The standard InChI is InChI=1S/C19H23N3O2/c23-18(21-13-19(24)22-16-8-4-10-20-12-16)11-15-7-3-6-14-5-1-2-9-17(14)15/h1-3,5-7,9,16,20H,4,8,10-13H2,(H,21,23)(H,22,24)/t16-/m0/s1. The number of hydrogen-bond donors (Lipinski definition) is 3. The molecule has 0 aliphatic carbocycles. The van der Waals surface area contributed by atoms with Crippen molar-refractivity contribution in [2.45, 2.75) is 25.3 Å². The van der Waals surface area contributed by atoms with Crippen LogP contribution in [0.2, 0.25) is 0 Å². The molecule has 0 aromatic heterocycles. The lowest BCUT2D eigenvalue weighted by Crippen LogP contribution is -2.48. The van der Waals surface area contributed by atoms with Crippen molar-refractivity contribution in [3.8, 4) is 0 Å². The molecule has 0 spiro atoms. The van der Waals surface area contributed by atoms with Gasteiger partial charge in [-0.2, -0.15) is 0 Å². The largest absolute Gasteiger partial charge is 0.351 e. The molecule has 1 fully saturated rings. The number of nitrogens with one attached hydrogen (secondary N) is 3. The number of fused-ring (bicyclic) bond motifs is 1. The second-order valence-electron chi connectivity index (χ2n) is 6.20. The summed E-state index contributed by atoms with van der Waals surface area (Å²) in [6, 6.07) is 14.1. The predicted octanol–water partition coefficient (Wildman–Crippen LogP) is 1.37. The summed E-state index contributed by atoms with van der Waals surface area (Å²) in [7, 11) is 0. The van der Waals surface area contributed by atoms with Gasteiger partial charge in [-0.1, -0.05) is 42.5 Å². The van der Waals surface area contributed by atoms with Gasteiger partial charge in [0.1, 0.15) is 0 Å². The molecule has 5 nitrogen and oxygen atoms in total. The van der Waals surface area contributed by atoms with Gasteiger partial charge in [0.25, 0.3) is 0 Å². The van der Waals surface area contributed by atoms with Crippen molar-refractivity contribution in [1.82, 2.24) is 16.0 Å². The summed E-state index contributed by atoms with van der Waals surface area (Å²) in [5.74, 6) is -0.266. The summed E-state index contributed by atoms with van der Waals surface area (Å²) in [5.41, 5.74) is 0.975. The number of carbonyl (C=O) groups is 2. The van der Waals surface area contributed by atoms with Gasteiger partial charge in [0.2, 0.25) is 11.8 Å². The van der Waals surface area contributed by atoms with Crippen LogP contribution in [-0.4, -0.2) is 37.5 Å². The van der Waals surface area contributed by atoms with Gasteiger partial charge in [-0.25, -0.2) is 0 Å². The van der Waals surface area contributed by atoms with Crippen molar-refractivity contribution < 1.29 is 9.59 Å². The molecular weight excluding hydrogens is 302 g/mol. The molecule has 3 N–H and O–H groups in total. The van der Waals surface area contributed by atoms with Crippen molar-refractivity contribution in [1.29, 1.82) is 0 Å². The van der Waals surface area contributed by atoms with E-state index < -0.39 is 0 Å². The lowest BCUT2D eigenvalue weighted by atomic mass is 10.0. The second-order valence-corrected chi connectivity index (χ2v) is 6.20. The average molecular weight is 325 g/mol. The highest BCUT2D eigenvalue weighted by Gasteiger charge is 2.15. The number of hydrogen-bond acceptors (Lipinski definition) is 3. The zero-order valence-corrected chi connectivity index (χ0v) is 13.7. The number of rotatable bonds is 5. The topological polar surface area (TPSA) is 70.2 Å². The molecule has 1 aliphatic rings. The van der Waals surface area contributed by atoms with E-state index in [1.165, 1.54) is 0 Å². The Hall–Kier alpha value is -2.40. The first-order valence-electron chi connectivity index (χ1n) is 8.46. The predicted molar refractivity (Wildman–Crippen MR) is 94.7 cm³/mol. The average Bonchev–Trinajstić information content (AvgIpc) is 2.61. The lowest BCUT2D eigenvalue weighted by molar-refractivity contribution is -0.126. The fraction of sp³-hybridized carbons (Fsp3) is 0.368. The lowest BCUT2D eigenvalue weighted by Gasteiger charge is -2.23. The number of amides is 2. The SMILES string of the molecule is O=C(Cc1cccc2ccccc12)NCC(=O)N[C@H]1CCCNC1. The molecule has 2 aromatic rings. The van der Waals surface area contributed by atoms with E-state index in [2.05, 4.69) is 16.0 Å². The molecule has 2 aromatic carbocycles. The van der Waals surface area contributed by atoms with Crippen LogP contribution in [0.4, 0.5) is 0 Å². The Labute approximate surface area is 141 Å². The maximum Gasteiger partial charge on any atom is 0.239 e. The van der Waals surface area contributed by atoms with Crippen molar-refractivity contribution in [3.63, 3.8) is 0 Å². The van der Waals surface area contributed by atoms with Crippen LogP contribution in [0.15, 0.2) is 42.5 Å². The first-order valence-corrected chi connectivity index (χ1v) is 8.46. The fourth-order valence-electron chi connectivity index (χ4n) is 3.11. The molecular formula is C19H23N3O2. The zero-order valence-electron chi connectivity index (χ0n) is 13.7. The molecule has 0 bridgehead atoms. The van der Waals surface area contributed by atoms with E-state index in [1.54, 1.807) is 0 Å². The molecule has 2 amide bonds. The zero-order chi connectivity index (χ0) is 16.8. The molecule has 1 heterocycles. The molecule has 3 rings (SSSR count). The van der Waals surface area contributed by atoms with Gasteiger partial charge in [0, 0.05) is 12.6 Å². The minimum Gasteiger partial charge on any atom is -0.351 e. The Morgan fingerprint density at radius 2 is 1.92 bits per heavy atom. The number of piperidine rings is 1. The summed E-state index contributed by atoms with van der Waals surface area (Å²) in [5, 5.41) is 11.1. The normalized spacial score (nSPS) is 17.4. The van der Waals surface area contributed by atoms with E-state index in [0.717, 1.165) is 42.3 Å². The first kappa shape index (κ1) is 16.5. The third-order valence-corrected chi connectivity index (χ3v) is 4.34. The fourth-order valence-corrected chi connectivity index (χ4v) is 3.11. The van der Waals surface area contributed by atoms with Crippen LogP contribution in [0.5, 0.6) is 0 Å². The molecule has 0 unspecified atom stereocenters. The maximum atomic E-state index is 12.1. The highest BCUT2D eigenvalue weighted by atomic mass is 16.2. The highest BCUT2D eigenvalue weighted by molar-refractivity contribution is 5.91. The summed E-state index contributed by atoms with van der Waals surface area (Å²) in [6.07, 6.45) is 2.33. The van der Waals surface area contributed by atoms with Gasteiger partial charge in [-0.3, -0.25) is 9.59 Å². The summed E-state index contributed by atoms with van der Waals surface area (Å²) < 4.78 is 0. The van der Waals surface area contributed by atoms with E-state index >= 15 is 0 Å². The van der Waals surface area contributed by atoms with Crippen molar-refractivity contribution in [3.05, 3.63) is 48.0 Å². The van der Waals surface area contributed by atoms with Crippen LogP contribution < -0.4 is 16.0 Å². The molecule has 126 valence electrons. The third kappa shape index (κ3) is 4.32. The Bertz CT molecular complexity index is 718. The Morgan fingerprint density at radius 1 is 1.08 bits per heavy atom. The molecule has 0 saturated carbocycles. The number of carbonyl (C=O) groups excluding carboxylic acids is 2. The Morgan fingerprint density at radius 3 is 2.75 bits per heavy atom. The minimum atomic E-state index is -0.136. The highest BCUT2D eigenvalue weighted by Crippen LogP contribution is 2.18. The molecule has 24 heavy (non-hydrogen) atoms. The van der Waals surface area contributed by atoms with Crippen LogP contribution in [-0.2, 0) is 16.0 Å². The van der Waals surface area contributed by atoms with Gasteiger partial charge >= 0.3 is 0 Å². The first-order chi connectivity index (χ1) is 11.7. The van der Waals surface area contributed by atoms with E-state index in [9.17, 15) is 9.59 Å².